The van der Waals surface area contributed by atoms with E-state index in [1.807, 2.05) is 24.3 Å². The molecule has 1 aromatic carbocycles. The minimum atomic E-state index is 0.0265. The van der Waals surface area contributed by atoms with Gasteiger partial charge in [-0.3, -0.25) is 4.79 Å². The van der Waals surface area contributed by atoms with Gasteiger partial charge in [-0.05, 0) is 31.4 Å². The van der Waals surface area contributed by atoms with Crippen molar-refractivity contribution in [2.45, 2.75) is 31.7 Å². The summed E-state index contributed by atoms with van der Waals surface area (Å²) in [5.41, 5.74) is 6.63. The number of carbonyl (C=O) groups excluding carboxylic acids is 1. The third kappa shape index (κ3) is 3.01. The number of hydrogen-bond acceptors (Lipinski definition) is 3. The van der Waals surface area contributed by atoms with E-state index in [0.29, 0.717) is 5.75 Å². The molecule has 0 spiro atoms. The first kappa shape index (κ1) is 12.9. The molecular weight excluding hydrogens is 228 g/mol. The lowest BCUT2D eigenvalue weighted by molar-refractivity contribution is -0.120. The zero-order valence-electron chi connectivity index (χ0n) is 10.7. The first-order chi connectivity index (χ1) is 8.70. The van der Waals surface area contributed by atoms with E-state index in [2.05, 4.69) is 5.32 Å². The van der Waals surface area contributed by atoms with E-state index in [-0.39, 0.29) is 17.9 Å². The fourth-order valence-corrected chi connectivity index (χ4v) is 2.45. The van der Waals surface area contributed by atoms with Gasteiger partial charge in [0.15, 0.2) is 0 Å². The molecule has 1 aromatic rings. The number of carbonyl (C=O) groups is 1. The van der Waals surface area contributed by atoms with Crippen molar-refractivity contribution in [1.82, 2.24) is 0 Å². The number of anilines is 1. The van der Waals surface area contributed by atoms with Crippen molar-refractivity contribution in [3.63, 3.8) is 0 Å². The van der Waals surface area contributed by atoms with Crippen LogP contribution in [0, 0.1) is 5.92 Å². The third-order valence-corrected chi connectivity index (χ3v) is 3.45. The Morgan fingerprint density at radius 1 is 1.39 bits per heavy atom. The highest BCUT2D eigenvalue weighted by atomic mass is 16.5. The summed E-state index contributed by atoms with van der Waals surface area (Å²) in [6.07, 6.45) is 3.76. The summed E-state index contributed by atoms with van der Waals surface area (Å²) in [5.74, 6) is 0.763. The van der Waals surface area contributed by atoms with Crippen LogP contribution in [0.1, 0.15) is 25.7 Å². The van der Waals surface area contributed by atoms with Crippen LogP contribution in [0.4, 0.5) is 5.69 Å². The van der Waals surface area contributed by atoms with Crippen molar-refractivity contribution in [3.8, 4) is 5.75 Å². The number of para-hydroxylation sites is 2. The van der Waals surface area contributed by atoms with E-state index >= 15 is 0 Å². The maximum Gasteiger partial charge on any atom is 0.227 e. The van der Waals surface area contributed by atoms with Crippen molar-refractivity contribution in [2.75, 3.05) is 12.4 Å². The molecule has 0 heterocycles. The minimum absolute atomic E-state index is 0.0265. The van der Waals surface area contributed by atoms with Gasteiger partial charge in [0, 0.05) is 12.0 Å². The van der Waals surface area contributed by atoms with E-state index in [1.54, 1.807) is 7.11 Å². The Morgan fingerprint density at radius 2 is 2.17 bits per heavy atom. The van der Waals surface area contributed by atoms with Crippen LogP contribution in [0.5, 0.6) is 5.75 Å². The van der Waals surface area contributed by atoms with Gasteiger partial charge in [-0.15, -0.1) is 0 Å². The number of methoxy groups -OCH3 is 1. The van der Waals surface area contributed by atoms with Crippen molar-refractivity contribution in [2.24, 2.45) is 11.7 Å². The SMILES string of the molecule is COc1ccccc1NC(=O)C1CCCC(N)C1. The molecule has 3 N–H and O–H groups in total. The molecule has 0 saturated heterocycles. The average Bonchev–Trinajstić information content (AvgIpc) is 2.39. The maximum atomic E-state index is 12.2. The second-order valence-electron chi connectivity index (χ2n) is 4.81. The van der Waals surface area contributed by atoms with Crippen LogP contribution in [0.15, 0.2) is 24.3 Å². The van der Waals surface area contributed by atoms with E-state index < -0.39 is 0 Å². The molecule has 0 bridgehead atoms. The van der Waals surface area contributed by atoms with Crippen LogP contribution in [0.25, 0.3) is 0 Å². The lowest BCUT2D eigenvalue weighted by Gasteiger charge is -2.25. The van der Waals surface area contributed by atoms with Gasteiger partial charge in [0.25, 0.3) is 0 Å². The molecular formula is C14H20N2O2. The third-order valence-electron chi connectivity index (χ3n) is 3.45. The molecule has 4 heteroatoms. The predicted molar refractivity (Wildman–Crippen MR) is 71.6 cm³/mol. The van der Waals surface area contributed by atoms with Gasteiger partial charge >= 0.3 is 0 Å². The van der Waals surface area contributed by atoms with E-state index in [9.17, 15) is 4.79 Å². The molecule has 2 rings (SSSR count). The molecule has 0 aliphatic heterocycles. The molecule has 1 aliphatic carbocycles. The molecule has 98 valence electrons. The van der Waals surface area contributed by atoms with Crippen LogP contribution in [-0.2, 0) is 4.79 Å². The number of benzene rings is 1. The number of nitrogens with one attached hydrogen (secondary N) is 1. The molecule has 2 atom stereocenters. The largest absolute Gasteiger partial charge is 0.495 e. The first-order valence-corrected chi connectivity index (χ1v) is 6.40. The van der Waals surface area contributed by atoms with Gasteiger partial charge < -0.3 is 15.8 Å². The molecule has 18 heavy (non-hydrogen) atoms. The Kier molecular flexibility index (Phi) is 4.20. The second kappa shape index (κ2) is 5.87. The van der Waals surface area contributed by atoms with Crippen molar-refractivity contribution >= 4 is 11.6 Å². The average molecular weight is 248 g/mol. The summed E-state index contributed by atoms with van der Waals surface area (Å²) < 4.78 is 5.22. The van der Waals surface area contributed by atoms with E-state index in [4.69, 9.17) is 10.5 Å². The molecule has 2 unspecified atom stereocenters. The van der Waals surface area contributed by atoms with Gasteiger partial charge in [0.05, 0.1) is 12.8 Å². The van der Waals surface area contributed by atoms with Gasteiger partial charge in [0.2, 0.25) is 5.91 Å². The molecule has 1 amide bonds. The van der Waals surface area contributed by atoms with Crippen LogP contribution in [0.3, 0.4) is 0 Å². The van der Waals surface area contributed by atoms with Crippen LogP contribution in [0.2, 0.25) is 0 Å². The molecule has 1 saturated carbocycles. The fraction of sp³-hybridized carbons (Fsp3) is 0.500. The standard InChI is InChI=1S/C14H20N2O2/c1-18-13-8-3-2-7-12(13)16-14(17)10-5-4-6-11(15)9-10/h2-3,7-8,10-11H,4-6,9,15H2,1H3,(H,16,17). The second-order valence-corrected chi connectivity index (χ2v) is 4.81. The van der Waals surface area contributed by atoms with Crippen LogP contribution >= 0.6 is 0 Å². The lowest BCUT2D eigenvalue weighted by atomic mass is 9.85. The fourth-order valence-electron chi connectivity index (χ4n) is 2.45. The van der Waals surface area contributed by atoms with E-state index in [1.165, 1.54) is 0 Å². The number of rotatable bonds is 3. The molecule has 0 aromatic heterocycles. The summed E-state index contributed by atoms with van der Waals surface area (Å²) in [6.45, 7) is 0. The molecule has 0 radical (unpaired) electrons. The Labute approximate surface area is 108 Å². The summed E-state index contributed by atoms with van der Waals surface area (Å²) in [7, 11) is 1.60. The zero-order valence-corrected chi connectivity index (χ0v) is 10.7. The Morgan fingerprint density at radius 3 is 2.89 bits per heavy atom. The smallest absolute Gasteiger partial charge is 0.227 e. The van der Waals surface area contributed by atoms with Crippen LogP contribution in [-0.4, -0.2) is 19.1 Å². The van der Waals surface area contributed by atoms with Crippen molar-refractivity contribution in [3.05, 3.63) is 24.3 Å². The number of ether oxygens (including phenoxy) is 1. The quantitative estimate of drug-likeness (QED) is 0.861. The Balaban J connectivity index is 2.02. The van der Waals surface area contributed by atoms with Gasteiger partial charge in [0.1, 0.15) is 5.75 Å². The highest BCUT2D eigenvalue weighted by Crippen LogP contribution is 2.27. The van der Waals surface area contributed by atoms with Crippen molar-refractivity contribution < 1.29 is 9.53 Å². The molecule has 1 aliphatic rings. The van der Waals surface area contributed by atoms with Crippen molar-refractivity contribution in [1.29, 1.82) is 0 Å². The molecule has 4 nitrogen and oxygen atoms in total. The van der Waals surface area contributed by atoms with Gasteiger partial charge in [-0.25, -0.2) is 0 Å². The van der Waals surface area contributed by atoms with E-state index in [0.717, 1.165) is 31.4 Å². The summed E-state index contributed by atoms with van der Waals surface area (Å²) in [4.78, 5) is 12.2. The first-order valence-electron chi connectivity index (χ1n) is 6.40. The summed E-state index contributed by atoms with van der Waals surface area (Å²) in [5, 5.41) is 2.93. The zero-order chi connectivity index (χ0) is 13.0. The minimum Gasteiger partial charge on any atom is -0.495 e. The summed E-state index contributed by atoms with van der Waals surface area (Å²) >= 11 is 0. The van der Waals surface area contributed by atoms with Crippen LogP contribution < -0.4 is 15.8 Å². The molecule has 1 fully saturated rings. The van der Waals surface area contributed by atoms with Gasteiger partial charge in [-0.2, -0.15) is 0 Å². The maximum absolute atomic E-state index is 12.2. The highest BCUT2D eigenvalue weighted by Gasteiger charge is 2.25. The predicted octanol–water partition coefficient (Wildman–Crippen LogP) is 2.15. The normalized spacial score (nSPS) is 23.4. The van der Waals surface area contributed by atoms with Gasteiger partial charge in [-0.1, -0.05) is 18.6 Å². The summed E-state index contributed by atoms with van der Waals surface area (Å²) in [6, 6.07) is 7.60. The lowest BCUT2D eigenvalue weighted by Crippen LogP contribution is -2.34. The number of amides is 1. The Bertz CT molecular complexity index is 420. The number of nitrogens with two attached hydrogens (primary N) is 1. The topological polar surface area (TPSA) is 64.3 Å². The Hall–Kier alpha value is -1.55. The number of hydrogen-bond donors (Lipinski definition) is 2. The monoisotopic (exact) mass is 248 g/mol. The highest BCUT2D eigenvalue weighted by molar-refractivity contribution is 5.94.